The predicted molar refractivity (Wildman–Crippen MR) is 96.8 cm³/mol. The second kappa shape index (κ2) is 7.08. The van der Waals surface area contributed by atoms with E-state index in [0.29, 0.717) is 36.1 Å². The Hall–Kier alpha value is -2.39. The molecule has 7 nitrogen and oxygen atoms in total. The van der Waals surface area contributed by atoms with E-state index >= 15 is 0 Å². The topological polar surface area (TPSA) is 76.8 Å². The van der Waals surface area contributed by atoms with Crippen molar-refractivity contribution < 1.29 is 9.18 Å². The van der Waals surface area contributed by atoms with E-state index in [1.807, 2.05) is 18.4 Å². The second-order valence-corrected chi connectivity index (χ2v) is 6.61. The SMILES string of the molecule is Cc1nsc(-c2nnc3n2CCN(C(=O)c2ccc(F)cc2)[C@@H]3C)n1.Cl. The number of amides is 1. The lowest BCUT2D eigenvalue weighted by Gasteiger charge is -2.33. The Morgan fingerprint density at radius 2 is 1.96 bits per heavy atom. The Bertz CT molecular complexity index is 941. The number of nitrogens with zero attached hydrogens (tertiary/aromatic N) is 6. The van der Waals surface area contributed by atoms with Crippen LogP contribution in [0.4, 0.5) is 4.39 Å². The molecule has 0 N–H and O–H groups in total. The third kappa shape index (κ3) is 3.08. The van der Waals surface area contributed by atoms with Gasteiger partial charge < -0.3 is 9.47 Å². The van der Waals surface area contributed by atoms with E-state index in [1.165, 1.54) is 35.8 Å². The van der Waals surface area contributed by atoms with E-state index in [2.05, 4.69) is 19.6 Å². The molecule has 10 heteroatoms. The van der Waals surface area contributed by atoms with Gasteiger partial charge in [0.15, 0.2) is 16.7 Å². The van der Waals surface area contributed by atoms with Crippen molar-refractivity contribution in [2.45, 2.75) is 26.4 Å². The molecule has 0 aliphatic carbocycles. The zero-order chi connectivity index (χ0) is 17.6. The van der Waals surface area contributed by atoms with Gasteiger partial charge in [-0.2, -0.15) is 4.37 Å². The molecular weight excluding hydrogens is 379 g/mol. The van der Waals surface area contributed by atoms with Crippen molar-refractivity contribution in [3.63, 3.8) is 0 Å². The van der Waals surface area contributed by atoms with Crippen molar-refractivity contribution >= 4 is 29.8 Å². The van der Waals surface area contributed by atoms with Crippen LogP contribution in [-0.4, -0.2) is 41.5 Å². The van der Waals surface area contributed by atoms with Gasteiger partial charge in [0.1, 0.15) is 11.6 Å². The summed E-state index contributed by atoms with van der Waals surface area (Å²) in [5.41, 5.74) is 0.459. The first kappa shape index (κ1) is 18.4. The molecule has 1 aliphatic rings. The van der Waals surface area contributed by atoms with Crippen molar-refractivity contribution in [2.75, 3.05) is 6.54 Å². The molecule has 1 aliphatic heterocycles. The van der Waals surface area contributed by atoms with E-state index in [0.717, 1.165) is 5.01 Å². The van der Waals surface area contributed by atoms with Gasteiger partial charge in [0.25, 0.3) is 5.91 Å². The Morgan fingerprint density at radius 1 is 1.23 bits per heavy atom. The Balaban J connectivity index is 0.00000196. The van der Waals surface area contributed by atoms with Gasteiger partial charge in [0, 0.05) is 18.7 Å². The molecule has 0 radical (unpaired) electrons. The maximum absolute atomic E-state index is 13.1. The molecule has 26 heavy (non-hydrogen) atoms. The molecular formula is C16H16ClFN6OS. The first-order valence-electron chi connectivity index (χ1n) is 7.85. The number of aromatic nitrogens is 5. The highest BCUT2D eigenvalue weighted by Crippen LogP contribution is 2.30. The van der Waals surface area contributed by atoms with Gasteiger partial charge in [-0.25, -0.2) is 9.37 Å². The summed E-state index contributed by atoms with van der Waals surface area (Å²) in [6.45, 7) is 4.84. The number of hydrogen-bond acceptors (Lipinski definition) is 6. The molecule has 136 valence electrons. The van der Waals surface area contributed by atoms with E-state index in [1.54, 1.807) is 4.90 Å². The van der Waals surface area contributed by atoms with Gasteiger partial charge >= 0.3 is 0 Å². The number of halogens is 2. The predicted octanol–water partition coefficient (Wildman–Crippen LogP) is 2.88. The van der Waals surface area contributed by atoms with Gasteiger partial charge in [-0.15, -0.1) is 22.6 Å². The standard InChI is InChI=1S/C16H15FN6OS.ClH/c1-9-13-19-20-14(15-18-10(2)21-25-15)23(13)8-7-22(9)16(24)11-3-5-12(17)6-4-11;/h3-6,9H,7-8H2,1-2H3;1H/t9-;/m1./s1. The van der Waals surface area contributed by atoms with Gasteiger partial charge in [-0.1, -0.05) is 0 Å². The first-order chi connectivity index (χ1) is 12.0. The fourth-order valence-corrected chi connectivity index (χ4v) is 3.63. The quantitative estimate of drug-likeness (QED) is 0.668. The van der Waals surface area contributed by atoms with Crippen LogP contribution in [0.25, 0.3) is 10.8 Å². The summed E-state index contributed by atoms with van der Waals surface area (Å²) in [6.07, 6.45) is 0. The number of benzene rings is 1. The summed E-state index contributed by atoms with van der Waals surface area (Å²) in [7, 11) is 0. The minimum absolute atomic E-state index is 0. The normalized spacial score (nSPS) is 16.1. The van der Waals surface area contributed by atoms with Crippen molar-refractivity contribution in [2.24, 2.45) is 0 Å². The molecule has 0 spiro atoms. The maximum Gasteiger partial charge on any atom is 0.254 e. The summed E-state index contributed by atoms with van der Waals surface area (Å²) in [6, 6.07) is 5.35. The molecule has 1 aromatic carbocycles. The van der Waals surface area contributed by atoms with Crippen molar-refractivity contribution in [3.8, 4) is 10.8 Å². The number of aryl methyl sites for hydroxylation is 1. The minimum Gasteiger partial charge on any atom is -0.327 e. The number of carbonyl (C=O) groups excluding carboxylic acids is 1. The van der Waals surface area contributed by atoms with Crippen LogP contribution in [-0.2, 0) is 6.54 Å². The lowest BCUT2D eigenvalue weighted by atomic mass is 10.1. The number of fused-ring (bicyclic) bond motifs is 1. The first-order valence-corrected chi connectivity index (χ1v) is 8.62. The number of hydrogen-bond donors (Lipinski definition) is 0. The molecule has 1 amide bonds. The van der Waals surface area contributed by atoms with Crippen LogP contribution in [0.15, 0.2) is 24.3 Å². The molecule has 2 aromatic heterocycles. The molecule has 4 rings (SSSR count). The highest BCUT2D eigenvalue weighted by molar-refractivity contribution is 7.09. The largest absolute Gasteiger partial charge is 0.327 e. The zero-order valence-corrected chi connectivity index (χ0v) is 15.7. The van der Waals surface area contributed by atoms with Gasteiger partial charge in [-0.05, 0) is 49.6 Å². The minimum atomic E-state index is -0.361. The Kier molecular flexibility index (Phi) is 5.01. The van der Waals surface area contributed by atoms with E-state index < -0.39 is 0 Å². The number of carbonyl (C=O) groups is 1. The molecule has 1 atom stereocenters. The average Bonchev–Trinajstić information content (AvgIpc) is 3.21. The van der Waals surface area contributed by atoms with Crippen molar-refractivity contribution in [1.82, 2.24) is 29.0 Å². The summed E-state index contributed by atoms with van der Waals surface area (Å²) < 4.78 is 19.2. The van der Waals surface area contributed by atoms with Crippen molar-refractivity contribution in [3.05, 3.63) is 47.3 Å². The van der Waals surface area contributed by atoms with E-state index in [9.17, 15) is 9.18 Å². The van der Waals surface area contributed by atoms with Gasteiger partial charge in [0.05, 0.1) is 6.04 Å². The highest BCUT2D eigenvalue weighted by atomic mass is 35.5. The van der Waals surface area contributed by atoms with Crippen molar-refractivity contribution in [1.29, 1.82) is 0 Å². The Morgan fingerprint density at radius 3 is 2.62 bits per heavy atom. The summed E-state index contributed by atoms with van der Waals surface area (Å²) >= 11 is 1.29. The second-order valence-electron chi connectivity index (χ2n) is 5.86. The number of rotatable bonds is 2. The van der Waals surface area contributed by atoms with Crippen LogP contribution < -0.4 is 0 Å². The molecule has 0 unspecified atom stereocenters. The lowest BCUT2D eigenvalue weighted by molar-refractivity contribution is 0.0638. The van der Waals surface area contributed by atoms with Gasteiger partial charge in [-0.3, -0.25) is 4.79 Å². The molecule has 0 fully saturated rings. The van der Waals surface area contributed by atoms with E-state index in [4.69, 9.17) is 0 Å². The third-order valence-electron chi connectivity index (χ3n) is 4.26. The molecule has 3 heterocycles. The third-order valence-corrected chi connectivity index (χ3v) is 5.06. The van der Waals surface area contributed by atoms with Crippen LogP contribution >= 0.6 is 23.9 Å². The summed E-state index contributed by atoms with van der Waals surface area (Å²) in [5, 5.41) is 9.23. The zero-order valence-electron chi connectivity index (χ0n) is 14.1. The molecule has 0 saturated heterocycles. The highest BCUT2D eigenvalue weighted by Gasteiger charge is 2.32. The van der Waals surface area contributed by atoms with Crippen LogP contribution in [0, 0.1) is 12.7 Å². The Labute approximate surface area is 159 Å². The lowest BCUT2D eigenvalue weighted by Crippen LogP contribution is -2.41. The smallest absolute Gasteiger partial charge is 0.254 e. The van der Waals surface area contributed by atoms with Crippen LogP contribution in [0.2, 0.25) is 0 Å². The molecule has 0 saturated carbocycles. The van der Waals surface area contributed by atoms with Crippen LogP contribution in [0.5, 0.6) is 0 Å². The van der Waals surface area contributed by atoms with Crippen LogP contribution in [0.3, 0.4) is 0 Å². The van der Waals surface area contributed by atoms with Gasteiger partial charge in [0.2, 0.25) is 0 Å². The fourth-order valence-electron chi connectivity index (χ4n) is 2.97. The summed E-state index contributed by atoms with van der Waals surface area (Å²) in [4.78, 5) is 18.8. The monoisotopic (exact) mass is 394 g/mol. The van der Waals surface area contributed by atoms with Crippen LogP contribution in [0.1, 0.15) is 35.0 Å². The maximum atomic E-state index is 13.1. The fraction of sp³-hybridized carbons (Fsp3) is 0.312. The summed E-state index contributed by atoms with van der Waals surface area (Å²) in [5.74, 6) is 1.59. The molecule has 0 bridgehead atoms. The average molecular weight is 395 g/mol. The molecule has 3 aromatic rings. The van der Waals surface area contributed by atoms with E-state index in [-0.39, 0.29) is 30.2 Å².